The molecule has 0 amide bonds. The lowest BCUT2D eigenvalue weighted by atomic mass is 10.0. The van der Waals surface area contributed by atoms with E-state index < -0.39 is 0 Å². The van der Waals surface area contributed by atoms with Gasteiger partial charge >= 0.3 is 5.69 Å². The number of hydrogen-bond acceptors (Lipinski definition) is 4. The van der Waals surface area contributed by atoms with Crippen molar-refractivity contribution in [1.82, 2.24) is 19.4 Å². The molecule has 3 heterocycles. The van der Waals surface area contributed by atoms with Crippen molar-refractivity contribution < 1.29 is 0 Å². The molecular formula is C27H39N5O. The summed E-state index contributed by atoms with van der Waals surface area (Å²) in [6.45, 7) is 12.7. The second-order valence-corrected chi connectivity index (χ2v) is 9.44. The number of aryl methyl sites for hydroxylation is 3. The average molecular weight is 450 g/mol. The van der Waals surface area contributed by atoms with E-state index in [9.17, 15) is 4.79 Å². The van der Waals surface area contributed by atoms with Crippen LogP contribution in [-0.4, -0.2) is 39.8 Å². The first kappa shape index (κ1) is 23.6. The minimum absolute atomic E-state index is 0.0290. The molecule has 33 heavy (non-hydrogen) atoms. The van der Waals surface area contributed by atoms with Gasteiger partial charge in [-0.05, 0) is 63.8 Å². The van der Waals surface area contributed by atoms with Gasteiger partial charge in [0.15, 0.2) is 5.65 Å². The number of imidazole rings is 1. The maximum absolute atomic E-state index is 13.5. The zero-order chi connectivity index (χ0) is 23.4. The summed E-state index contributed by atoms with van der Waals surface area (Å²) in [5.74, 6) is 0. The standard InChI is InChI=1S/C27H39N5O/c1-5-7-10-15-28-23-14-11-16-30(19-23)24-17-21(4)29-26-25(24)32(27(33)31(26)6-2)18-22-13-9-8-12-20(22)3/h8-9,12-13,17,23,28H,5-7,10-11,14-16,18-19H2,1-4H3. The normalized spacial score (nSPS) is 16.6. The summed E-state index contributed by atoms with van der Waals surface area (Å²) in [4.78, 5) is 20.8. The summed E-state index contributed by atoms with van der Waals surface area (Å²) in [6, 6.07) is 11.0. The van der Waals surface area contributed by atoms with Gasteiger partial charge in [-0.2, -0.15) is 0 Å². The number of aromatic nitrogens is 3. The monoisotopic (exact) mass is 449 g/mol. The third-order valence-electron chi connectivity index (χ3n) is 6.95. The summed E-state index contributed by atoms with van der Waals surface area (Å²) in [5, 5.41) is 3.78. The van der Waals surface area contributed by atoms with Crippen molar-refractivity contribution in [2.75, 3.05) is 24.5 Å². The number of rotatable bonds is 9. The van der Waals surface area contributed by atoms with Crippen LogP contribution in [0.5, 0.6) is 0 Å². The van der Waals surface area contributed by atoms with E-state index in [1.165, 1.54) is 36.8 Å². The van der Waals surface area contributed by atoms with Crippen molar-refractivity contribution in [3.63, 3.8) is 0 Å². The molecule has 0 radical (unpaired) electrons. The third kappa shape index (κ3) is 5.01. The zero-order valence-electron chi connectivity index (χ0n) is 20.7. The smallest absolute Gasteiger partial charge is 0.330 e. The molecule has 0 saturated carbocycles. The zero-order valence-corrected chi connectivity index (χ0v) is 20.7. The molecule has 2 aromatic heterocycles. The topological polar surface area (TPSA) is 55.1 Å². The predicted molar refractivity (Wildman–Crippen MR) is 137 cm³/mol. The molecule has 1 atom stereocenters. The molecule has 1 aromatic carbocycles. The van der Waals surface area contributed by atoms with Gasteiger partial charge in [0.25, 0.3) is 0 Å². The van der Waals surface area contributed by atoms with Crippen LogP contribution in [0.3, 0.4) is 0 Å². The Morgan fingerprint density at radius 2 is 1.94 bits per heavy atom. The first-order valence-electron chi connectivity index (χ1n) is 12.7. The Morgan fingerprint density at radius 3 is 2.70 bits per heavy atom. The summed E-state index contributed by atoms with van der Waals surface area (Å²) >= 11 is 0. The van der Waals surface area contributed by atoms with E-state index in [0.29, 0.717) is 19.1 Å². The van der Waals surface area contributed by atoms with Crippen LogP contribution in [0.2, 0.25) is 0 Å². The molecule has 1 aliphatic rings. The van der Waals surface area contributed by atoms with Crippen LogP contribution in [0.25, 0.3) is 11.2 Å². The van der Waals surface area contributed by atoms with Crippen LogP contribution in [0, 0.1) is 13.8 Å². The number of benzene rings is 1. The van der Waals surface area contributed by atoms with Gasteiger partial charge in [-0.1, -0.05) is 44.0 Å². The SMILES string of the molecule is CCCCCNC1CCCN(c2cc(C)nc3c2n(Cc2ccccc2C)c(=O)n3CC)C1. The van der Waals surface area contributed by atoms with E-state index in [2.05, 4.69) is 54.4 Å². The van der Waals surface area contributed by atoms with Gasteiger partial charge in [0, 0.05) is 31.4 Å². The Balaban J connectivity index is 1.73. The molecule has 1 aliphatic heterocycles. The number of nitrogens with one attached hydrogen (secondary N) is 1. The van der Waals surface area contributed by atoms with Crippen molar-refractivity contribution >= 4 is 16.9 Å². The van der Waals surface area contributed by atoms with E-state index in [4.69, 9.17) is 4.98 Å². The van der Waals surface area contributed by atoms with Crippen molar-refractivity contribution in [2.45, 2.75) is 78.9 Å². The van der Waals surface area contributed by atoms with Gasteiger partial charge in [0.05, 0.1) is 12.2 Å². The minimum Gasteiger partial charge on any atom is -0.368 e. The first-order chi connectivity index (χ1) is 16.0. The molecule has 1 saturated heterocycles. The molecule has 1 N–H and O–H groups in total. The van der Waals surface area contributed by atoms with Crippen LogP contribution in [0.1, 0.15) is 62.8 Å². The summed E-state index contributed by atoms with van der Waals surface area (Å²) in [6.07, 6.45) is 6.14. The molecule has 1 unspecified atom stereocenters. The van der Waals surface area contributed by atoms with Gasteiger partial charge in [-0.25, -0.2) is 9.78 Å². The maximum atomic E-state index is 13.5. The Bertz CT molecular complexity index is 1150. The van der Waals surface area contributed by atoms with E-state index >= 15 is 0 Å². The molecule has 178 valence electrons. The molecular weight excluding hydrogens is 410 g/mol. The quantitative estimate of drug-likeness (QED) is 0.484. The molecule has 1 fully saturated rings. The third-order valence-corrected chi connectivity index (χ3v) is 6.95. The van der Waals surface area contributed by atoms with Gasteiger partial charge in [-0.3, -0.25) is 9.13 Å². The van der Waals surface area contributed by atoms with E-state index in [0.717, 1.165) is 48.6 Å². The first-order valence-corrected chi connectivity index (χ1v) is 12.7. The Hall–Kier alpha value is -2.60. The fourth-order valence-corrected chi connectivity index (χ4v) is 5.09. The lowest BCUT2D eigenvalue weighted by Gasteiger charge is -2.35. The summed E-state index contributed by atoms with van der Waals surface area (Å²) < 4.78 is 3.77. The molecule has 3 aromatic rings. The lowest BCUT2D eigenvalue weighted by molar-refractivity contribution is 0.417. The number of hydrogen-bond donors (Lipinski definition) is 1. The van der Waals surface area contributed by atoms with Crippen molar-refractivity contribution in [1.29, 1.82) is 0 Å². The maximum Gasteiger partial charge on any atom is 0.330 e. The summed E-state index contributed by atoms with van der Waals surface area (Å²) in [5.41, 5.74) is 6.31. The average Bonchev–Trinajstić information content (AvgIpc) is 3.08. The molecule has 4 rings (SSSR count). The van der Waals surface area contributed by atoms with E-state index in [1.807, 2.05) is 23.0 Å². The number of unbranched alkanes of at least 4 members (excludes halogenated alkanes) is 2. The van der Waals surface area contributed by atoms with Gasteiger partial charge in [0.1, 0.15) is 5.52 Å². The second-order valence-electron chi connectivity index (χ2n) is 9.44. The van der Waals surface area contributed by atoms with Crippen molar-refractivity contribution in [3.8, 4) is 0 Å². The van der Waals surface area contributed by atoms with Crippen LogP contribution in [-0.2, 0) is 13.1 Å². The summed E-state index contributed by atoms with van der Waals surface area (Å²) in [7, 11) is 0. The highest BCUT2D eigenvalue weighted by Gasteiger charge is 2.25. The largest absolute Gasteiger partial charge is 0.368 e. The van der Waals surface area contributed by atoms with Gasteiger partial charge < -0.3 is 10.2 Å². The molecule has 0 bridgehead atoms. The van der Waals surface area contributed by atoms with Gasteiger partial charge in [0.2, 0.25) is 0 Å². The molecule has 0 aliphatic carbocycles. The Labute approximate surface area is 197 Å². The molecule has 6 nitrogen and oxygen atoms in total. The Kier molecular flexibility index (Phi) is 7.53. The highest BCUT2D eigenvalue weighted by Crippen LogP contribution is 2.30. The number of piperidine rings is 1. The number of nitrogens with zero attached hydrogens (tertiary/aromatic N) is 4. The van der Waals surface area contributed by atoms with Crippen LogP contribution >= 0.6 is 0 Å². The Morgan fingerprint density at radius 1 is 1.12 bits per heavy atom. The molecule has 0 spiro atoms. The minimum atomic E-state index is 0.0290. The van der Waals surface area contributed by atoms with Crippen molar-refractivity contribution in [2.24, 2.45) is 0 Å². The number of pyridine rings is 1. The van der Waals surface area contributed by atoms with Gasteiger partial charge in [-0.15, -0.1) is 0 Å². The second kappa shape index (κ2) is 10.6. The fourth-order valence-electron chi connectivity index (χ4n) is 5.09. The number of anilines is 1. The van der Waals surface area contributed by atoms with E-state index in [1.54, 1.807) is 0 Å². The van der Waals surface area contributed by atoms with Crippen LogP contribution in [0.15, 0.2) is 35.1 Å². The predicted octanol–water partition coefficient (Wildman–Crippen LogP) is 4.63. The highest BCUT2D eigenvalue weighted by atomic mass is 16.1. The number of fused-ring (bicyclic) bond motifs is 1. The highest BCUT2D eigenvalue weighted by molar-refractivity contribution is 5.87. The lowest BCUT2D eigenvalue weighted by Crippen LogP contribution is -2.46. The van der Waals surface area contributed by atoms with Crippen LogP contribution < -0.4 is 15.9 Å². The fraction of sp³-hybridized carbons (Fsp3) is 0.556. The van der Waals surface area contributed by atoms with Crippen molar-refractivity contribution in [3.05, 3.63) is 57.6 Å². The van der Waals surface area contributed by atoms with E-state index in [-0.39, 0.29) is 5.69 Å². The molecule has 6 heteroatoms. The van der Waals surface area contributed by atoms with Crippen LogP contribution in [0.4, 0.5) is 5.69 Å².